The number of hydrogen-bond donors (Lipinski definition) is 0. The molecule has 7 heteroatoms. The summed E-state index contributed by atoms with van der Waals surface area (Å²) in [7, 11) is 0. The number of rotatable bonds is 1. The summed E-state index contributed by atoms with van der Waals surface area (Å²) in [6.45, 7) is 7.76. The largest absolute Gasteiger partial charge is 0.444 e. The topological polar surface area (TPSA) is 58.6 Å². The Hall–Kier alpha value is -1.92. The molecule has 1 saturated heterocycles. The van der Waals surface area contributed by atoms with Crippen molar-refractivity contribution in [2.45, 2.75) is 26.4 Å². The molecule has 0 radical (unpaired) electrons. The van der Waals surface area contributed by atoms with Crippen LogP contribution >= 0.6 is 0 Å². The summed E-state index contributed by atoms with van der Waals surface area (Å²) >= 11 is 0. The lowest BCUT2D eigenvalue weighted by Gasteiger charge is -2.36. The van der Waals surface area contributed by atoms with E-state index >= 15 is 0 Å². The van der Waals surface area contributed by atoms with Gasteiger partial charge in [0.25, 0.3) is 0 Å². The first-order chi connectivity index (χ1) is 9.35. The van der Waals surface area contributed by atoms with Gasteiger partial charge in [0.15, 0.2) is 0 Å². The van der Waals surface area contributed by atoms with E-state index in [0.29, 0.717) is 32.0 Å². The van der Waals surface area contributed by atoms with Crippen molar-refractivity contribution in [3.8, 4) is 0 Å². The van der Waals surface area contributed by atoms with E-state index in [4.69, 9.17) is 4.74 Å². The number of carbonyl (C=O) groups excluding carboxylic acids is 1. The Labute approximate surface area is 117 Å². The van der Waals surface area contributed by atoms with E-state index in [1.54, 1.807) is 4.90 Å². The normalized spacial score (nSPS) is 16.2. The summed E-state index contributed by atoms with van der Waals surface area (Å²) in [4.78, 5) is 22.9. The van der Waals surface area contributed by atoms with Crippen molar-refractivity contribution in [1.82, 2.24) is 14.9 Å². The van der Waals surface area contributed by atoms with Crippen LogP contribution in [0.4, 0.5) is 15.0 Å². The van der Waals surface area contributed by atoms with Gasteiger partial charge in [-0.15, -0.1) is 0 Å². The van der Waals surface area contributed by atoms with Crippen LogP contribution in [0.5, 0.6) is 0 Å². The Morgan fingerprint density at radius 2 is 1.90 bits per heavy atom. The summed E-state index contributed by atoms with van der Waals surface area (Å²) in [5, 5.41) is 0. The molecule has 1 fully saturated rings. The molecule has 1 amide bonds. The monoisotopic (exact) mass is 282 g/mol. The molecular weight excluding hydrogens is 263 g/mol. The van der Waals surface area contributed by atoms with Crippen LogP contribution in [0.15, 0.2) is 12.4 Å². The van der Waals surface area contributed by atoms with Gasteiger partial charge in [0, 0.05) is 32.2 Å². The van der Waals surface area contributed by atoms with E-state index in [1.807, 2.05) is 25.7 Å². The predicted molar refractivity (Wildman–Crippen MR) is 72.0 cm³/mol. The first-order valence-corrected chi connectivity index (χ1v) is 6.55. The van der Waals surface area contributed by atoms with Crippen LogP contribution in [0.25, 0.3) is 0 Å². The molecule has 0 N–H and O–H groups in total. The fourth-order valence-electron chi connectivity index (χ4n) is 1.94. The Balaban J connectivity index is 1.91. The van der Waals surface area contributed by atoms with Gasteiger partial charge < -0.3 is 14.5 Å². The lowest BCUT2D eigenvalue weighted by molar-refractivity contribution is 0.0240. The second-order valence-electron chi connectivity index (χ2n) is 5.65. The highest BCUT2D eigenvalue weighted by Gasteiger charge is 2.26. The molecule has 6 nitrogen and oxygen atoms in total. The molecule has 2 heterocycles. The minimum absolute atomic E-state index is 0.314. The second-order valence-corrected chi connectivity index (χ2v) is 5.65. The number of halogens is 1. The zero-order valence-corrected chi connectivity index (χ0v) is 12.0. The van der Waals surface area contributed by atoms with E-state index in [9.17, 15) is 9.18 Å². The third-order valence-electron chi connectivity index (χ3n) is 2.87. The van der Waals surface area contributed by atoms with Crippen LogP contribution in [-0.2, 0) is 4.74 Å². The van der Waals surface area contributed by atoms with Gasteiger partial charge >= 0.3 is 6.09 Å². The van der Waals surface area contributed by atoms with Gasteiger partial charge in [0.05, 0.1) is 0 Å². The predicted octanol–water partition coefficient (Wildman–Crippen LogP) is 1.67. The Kier molecular flexibility index (Phi) is 4.06. The van der Waals surface area contributed by atoms with Gasteiger partial charge in [-0.25, -0.2) is 14.8 Å². The molecule has 1 aromatic heterocycles. The first kappa shape index (κ1) is 14.5. The zero-order valence-electron chi connectivity index (χ0n) is 12.0. The molecular formula is C13H19FN4O2. The number of anilines is 1. The van der Waals surface area contributed by atoms with Crippen molar-refractivity contribution in [3.63, 3.8) is 0 Å². The average molecular weight is 282 g/mol. The molecule has 2 rings (SSSR count). The van der Waals surface area contributed by atoms with Gasteiger partial charge in [0.2, 0.25) is 5.95 Å². The van der Waals surface area contributed by atoms with E-state index in [0.717, 1.165) is 0 Å². The number of ether oxygens (including phenoxy) is 1. The molecule has 0 aromatic carbocycles. The van der Waals surface area contributed by atoms with E-state index < -0.39 is 11.5 Å². The minimum atomic E-state index is -0.551. The summed E-state index contributed by atoms with van der Waals surface area (Å²) < 4.78 is 18.4. The molecule has 110 valence electrons. The number of piperazine rings is 1. The van der Waals surface area contributed by atoms with Crippen molar-refractivity contribution >= 4 is 11.9 Å². The number of carbonyl (C=O) groups is 1. The SMILES string of the molecule is CC(C)(C)OC(=O)N1CCN(c2cc(F)ncn2)CC1. The van der Waals surface area contributed by atoms with E-state index in [1.165, 1.54) is 12.4 Å². The van der Waals surface area contributed by atoms with Crippen LogP contribution in [0.1, 0.15) is 20.8 Å². The lowest BCUT2D eigenvalue weighted by atomic mass is 10.2. The van der Waals surface area contributed by atoms with Crippen molar-refractivity contribution in [3.05, 3.63) is 18.3 Å². The van der Waals surface area contributed by atoms with Crippen LogP contribution in [-0.4, -0.2) is 52.7 Å². The molecule has 0 bridgehead atoms. The number of nitrogens with zero attached hydrogens (tertiary/aromatic N) is 4. The van der Waals surface area contributed by atoms with E-state index in [2.05, 4.69) is 9.97 Å². The first-order valence-electron chi connectivity index (χ1n) is 6.55. The summed E-state index contributed by atoms with van der Waals surface area (Å²) in [6, 6.07) is 1.29. The summed E-state index contributed by atoms with van der Waals surface area (Å²) in [5.74, 6) is -0.00842. The van der Waals surface area contributed by atoms with Crippen molar-refractivity contribution in [1.29, 1.82) is 0 Å². The Morgan fingerprint density at radius 3 is 2.45 bits per heavy atom. The maximum atomic E-state index is 13.1. The zero-order chi connectivity index (χ0) is 14.8. The fraction of sp³-hybridized carbons (Fsp3) is 0.615. The van der Waals surface area contributed by atoms with Crippen LogP contribution in [0.2, 0.25) is 0 Å². The molecule has 0 aliphatic carbocycles. The smallest absolute Gasteiger partial charge is 0.410 e. The van der Waals surface area contributed by atoms with Gasteiger partial charge in [0.1, 0.15) is 17.7 Å². The molecule has 0 saturated carbocycles. The van der Waals surface area contributed by atoms with Gasteiger partial charge in [-0.3, -0.25) is 0 Å². The molecule has 0 atom stereocenters. The van der Waals surface area contributed by atoms with Crippen molar-refractivity contribution in [2.75, 3.05) is 31.1 Å². The van der Waals surface area contributed by atoms with Crippen LogP contribution in [0.3, 0.4) is 0 Å². The maximum Gasteiger partial charge on any atom is 0.410 e. The summed E-state index contributed by atoms with van der Waals surface area (Å²) in [6.07, 6.45) is 0.885. The number of amides is 1. The lowest BCUT2D eigenvalue weighted by Crippen LogP contribution is -2.50. The minimum Gasteiger partial charge on any atom is -0.444 e. The van der Waals surface area contributed by atoms with E-state index in [-0.39, 0.29) is 6.09 Å². The quantitative estimate of drug-likeness (QED) is 0.733. The second kappa shape index (κ2) is 5.60. The van der Waals surface area contributed by atoms with Gasteiger partial charge in [-0.1, -0.05) is 0 Å². The van der Waals surface area contributed by atoms with Crippen molar-refractivity contribution < 1.29 is 13.9 Å². The fourth-order valence-corrected chi connectivity index (χ4v) is 1.94. The highest BCUT2D eigenvalue weighted by atomic mass is 19.1. The molecule has 0 spiro atoms. The molecule has 1 aliphatic rings. The van der Waals surface area contributed by atoms with Gasteiger partial charge in [-0.2, -0.15) is 4.39 Å². The highest BCUT2D eigenvalue weighted by Crippen LogP contribution is 2.15. The van der Waals surface area contributed by atoms with Crippen LogP contribution < -0.4 is 4.90 Å². The maximum absolute atomic E-state index is 13.1. The third kappa shape index (κ3) is 3.79. The van der Waals surface area contributed by atoms with Crippen LogP contribution in [0, 0.1) is 5.95 Å². The third-order valence-corrected chi connectivity index (χ3v) is 2.87. The Bertz CT molecular complexity index is 482. The number of aromatic nitrogens is 2. The van der Waals surface area contributed by atoms with Gasteiger partial charge in [-0.05, 0) is 20.8 Å². The highest BCUT2D eigenvalue weighted by molar-refractivity contribution is 5.68. The summed E-state index contributed by atoms with van der Waals surface area (Å²) in [5.41, 5.74) is -0.496. The average Bonchev–Trinajstić information content (AvgIpc) is 2.37. The molecule has 0 unspecified atom stereocenters. The van der Waals surface area contributed by atoms with Crippen molar-refractivity contribution in [2.24, 2.45) is 0 Å². The standard InChI is InChI=1S/C13H19FN4O2/c1-13(2,3)20-12(19)18-6-4-17(5-7-18)11-8-10(14)15-9-16-11/h8-9H,4-7H2,1-3H3. The number of hydrogen-bond acceptors (Lipinski definition) is 5. The molecule has 20 heavy (non-hydrogen) atoms. The molecule has 1 aromatic rings. The Morgan fingerprint density at radius 1 is 1.25 bits per heavy atom. The molecule has 1 aliphatic heterocycles.